The molecule has 3 aromatic rings. The van der Waals surface area contributed by atoms with Crippen LogP contribution in [0.3, 0.4) is 0 Å². The van der Waals surface area contributed by atoms with E-state index < -0.39 is 9.84 Å². The summed E-state index contributed by atoms with van der Waals surface area (Å²) < 4.78 is 26.1. The molecular weight excluding hydrogens is 372 g/mol. The summed E-state index contributed by atoms with van der Waals surface area (Å²) in [6.07, 6.45) is 3.19. The fourth-order valence-corrected chi connectivity index (χ4v) is 4.45. The van der Waals surface area contributed by atoms with E-state index in [0.717, 1.165) is 23.1 Å². The molecule has 2 aromatic carbocycles. The maximum Gasteiger partial charge on any atom is 0.255 e. The first-order valence-corrected chi connectivity index (χ1v) is 11.1. The molecular formula is C22H22N2O3S. The van der Waals surface area contributed by atoms with Crippen LogP contribution in [0.25, 0.3) is 0 Å². The molecule has 1 aliphatic heterocycles. The zero-order chi connectivity index (χ0) is 19.9. The molecule has 0 bridgehead atoms. The first kappa shape index (κ1) is 18.5. The minimum absolute atomic E-state index is 0.149. The highest BCUT2D eigenvalue weighted by molar-refractivity contribution is 7.90. The Morgan fingerprint density at radius 1 is 1.00 bits per heavy atom. The molecule has 0 aliphatic carbocycles. The fourth-order valence-electron chi connectivity index (χ4n) is 3.81. The van der Waals surface area contributed by atoms with E-state index in [-0.39, 0.29) is 16.8 Å². The van der Waals surface area contributed by atoms with Crippen LogP contribution >= 0.6 is 0 Å². The van der Waals surface area contributed by atoms with E-state index in [1.54, 1.807) is 12.1 Å². The van der Waals surface area contributed by atoms with Gasteiger partial charge in [0.25, 0.3) is 5.91 Å². The van der Waals surface area contributed by atoms with Gasteiger partial charge in [-0.1, -0.05) is 36.4 Å². The van der Waals surface area contributed by atoms with Gasteiger partial charge in [-0.05, 0) is 42.3 Å². The molecule has 0 saturated carbocycles. The van der Waals surface area contributed by atoms with Crippen LogP contribution in [-0.4, -0.2) is 36.6 Å². The van der Waals surface area contributed by atoms with Gasteiger partial charge >= 0.3 is 0 Å². The lowest BCUT2D eigenvalue weighted by molar-refractivity contribution is 0.0663. The highest BCUT2D eigenvalue weighted by atomic mass is 32.2. The van der Waals surface area contributed by atoms with Gasteiger partial charge < -0.3 is 9.47 Å². The molecule has 0 saturated heterocycles. The number of rotatable bonds is 3. The van der Waals surface area contributed by atoms with Crippen LogP contribution in [0.4, 0.5) is 0 Å². The zero-order valence-electron chi connectivity index (χ0n) is 15.9. The van der Waals surface area contributed by atoms with Crippen LogP contribution in [0.1, 0.15) is 33.2 Å². The van der Waals surface area contributed by atoms with Crippen molar-refractivity contribution in [3.8, 4) is 0 Å². The summed E-state index contributed by atoms with van der Waals surface area (Å²) in [7, 11) is -3.39. The molecule has 0 fully saturated rings. The predicted octanol–water partition coefficient (Wildman–Crippen LogP) is 3.45. The number of aryl methyl sites for hydroxylation is 1. The molecule has 1 aliphatic rings. The van der Waals surface area contributed by atoms with Crippen molar-refractivity contribution in [2.75, 3.05) is 12.8 Å². The second-order valence-electron chi connectivity index (χ2n) is 7.19. The minimum Gasteiger partial charge on any atom is -0.348 e. The summed E-state index contributed by atoms with van der Waals surface area (Å²) in [5.74, 6) is -0.149. The van der Waals surface area contributed by atoms with E-state index in [9.17, 15) is 13.2 Å². The number of nitrogens with zero attached hydrogens (tertiary/aromatic N) is 2. The molecule has 144 valence electrons. The zero-order valence-corrected chi connectivity index (χ0v) is 16.7. The first-order valence-electron chi connectivity index (χ1n) is 9.18. The van der Waals surface area contributed by atoms with E-state index in [4.69, 9.17) is 0 Å². The Hall–Kier alpha value is -2.86. The van der Waals surface area contributed by atoms with Crippen LogP contribution in [0.15, 0.2) is 71.8 Å². The summed E-state index contributed by atoms with van der Waals surface area (Å²) in [6, 6.07) is 18.5. The van der Waals surface area contributed by atoms with Crippen LogP contribution in [0.5, 0.6) is 0 Å². The highest BCUT2D eigenvalue weighted by Gasteiger charge is 2.33. The Labute approximate surface area is 165 Å². The molecule has 6 heteroatoms. The van der Waals surface area contributed by atoms with Crippen molar-refractivity contribution in [1.29, 1.82) is 0 Å². The summed E-state index contributed by atoms with van der Waals surface area (Å²) in [6.45, 7) is 3.11. The lowest BCUT2D eigenvalue weighted by Crippen LogP contribution is -2.42. The largest absolute Gasteiger partial charge is 0.348 e. The van der Waals surface area contributed by atoms with Gasteiger partial charge in [0.1, 0.15) is 0 Å². The predicted molar refractivity (Wildman–Crippen MR) is 108 cm³/mol. The van der Waals surface area contributed by atoms with Gasteiger partial charge in [-0.2, -0.15) is 0 Å². The maximum atomic E-state index is 13.5. The third kappa shape index (κ3) is 3.24. The molecule has 1 amide bonds. The third-order valence-corrected chi connectivity index (χ3v) is 6.39. The number of aromatic nitrogens is 1. The van der Waals surface area contributed by atoms with Gasteiger partial charge in [0.15, 0.2) is 9.84 Å². The second-order valence-corrected chi connectivity index (χ2v) is 9.20. The topological polar surface area (TPSA) is 59.4 Å². The number of carbonyl (C=O) groups is 1. The van der Waals surface area contributed by atoms with Gasteiger partial charge in [-0.25, -0.2) is 8.42 Å². The number of benzene rings is 2. The minimum atomic E-state index is -3.39. The number of amides is 1. The average molecular weight is 394 g/mol. The van der Waals surface area contributed by atoms with Crippen molar-refractivity contribution in [1.82, 2.24) is 9.47 Å². The quantitative estimate of drug-likeness (QED) is 0.684. The average Bonchev–Trinajstić information content (AvgIpc) is 3.15. The fraction of sp³-hybridized carbons (Fsp3) is 0.227. The van der Waals surface area contributed by atoms with Crippen molar-refractivity contribution in [3.05, 3.63) is 89.2 Å². The molecule has 5 nitrogen and oxygen atoms in total. The molecule has 0 N–H and O–H groups in total. The van der Waals surface area contributed by atoms with Gasteiger partial charge in [0.05, 0.1) is 10.9 Å². The van der Waals surface area contributed by atoms with E-state index >= 15 is 0 Å². The van der Waals surface area contributed by atoms with Gasteiger partial charge in [-0.3, -0.25) is 4.79 Å². The van der Waals surface area contributed by atoms with Crippen molar-refractivity contribution >= 4 is 15.7 Å². The molecule has 4 rings (SSSR count). The third-order valence-electron chi connectivity index (χ3n) is 5.28. The smallest absolute Gasteiger partial charge is 0.255 e. The van der Waals surface area contributed by atoms with E-state index in [1.165, 1.54) is 6.07 Å². The van der Waals surface area contributed by atoms with Gasteiger partial charge in [-0.15, -0.1) is 0 Å². The van der Waals surface area contributed by atoms with Crippen molar-refractivity contribution in [2.24, 2.45) is 0 Å². The van der Waals surface area contributed by atoms with Crippen LogP contribution in [-0.2, 0) is 16.4 Å². The first-order chi connectivity index (χ1) is 13.4. The van der Waals surface area contributed by atoms with Crippen LogP contribution in [0.2, 0.25) is 0 Å². The van der Waals surface area contributed by atoms with Crippen molar-refractivity contribution < 1.29 is 13.2 Å². The number of carbonyl (C=O) groups excluding carboxylic acids is 1. The summed E-state index contributed by atoms with van der Waals surface area (Å²) in [5, 5.41) is 0. The molecule has 1 aromatic heterocycles. The van der Waals surface area contributed by atoms with E-state index in [2.05, 4.69) is 4.57 Å². The molecule has 1 unspecified atom stereocenters. The summed E-state index contributed by atoms with van der Waals surface area (Å²) >= 11 is 0. The number of fused-ring (bicyclic) bond motifs is 1. The number of hydrogen-bond acceptors (Lipinski definition) is 3. The van der Waals surface area contributed by atoms with Crippen molar-refractivity contribution in [3.63, 3.8) is 0 Å². The molecule has 0 radical (unpaired) electrons. The number of sulfone groups is 1. The van der Waals surface area contributed by atoms with Gasteiger partial charge in [0, 0.05) is 36.8 Å². The Morgan fingerprint density at radius 2 is 1.75 bits per heavy atom. The molecule has 0 spiro atoms. The second kappa shape index (κ2) is 6.95. The number of hydrogen-bond donors (Lipinski definition) is 0. The monoisotopic (exact) mass is 394 g/mol. The lowest BCUT2D eigenvalue weighted by atomic mass is 9.98. The molecule has 28 heavy (non-hydrogen) atoms. The Balaban J connectivity index is 1.81. The Kier molecular flexibility index (Phi) is 4.59. The standard InChI is InChI=1S/C22H22N2O3S/c1-16-10-11-18(28(2,26)27)15-19(16)22(25)24-14-13-23-12-6-9-20(23)21(24)17-7-4-3-5-8-17/h3-12,15,21H,13-14H2,1-2H3. The lowest BCUT2D eigenvalue weighted by Gasteiger charge is -2.37. The van der Waals surface area contributed by atoms with Crippen LogP contribution < -0.4 is 0 Å². The van der Waals surface area contributed by atoms with Crippen LogP contribution in [0, 0.1) is 6.92 Å². The van der Waals surface area contributed by atoms with Gasteiger partial charge in [0.2, 0.25) is 0 Å². The van der Waals surface area contributed by atoms with E-state index in [0.29, 0.717) is 18.7 Å². The summed E-state index contributed by atoms with van der Waals surface area (Å²) in [5.41, 5.74) is 3.30. The van der Waals surface area contributed by atoms with E-state index in [1.807, 2.05) is 60.5 Å². The summed E-state index contributed by atoms with van der Waals surface area (Å²) in [4.78, 5) is 15.5. The Morgan fingerprint density at radius 3 is 2.46 bits per heavy atom. The normalized spacial score (nSPS) is 16.6. The highest BCUT2D eigenvalue weighted by Crippen LogP contribution is 2.34. The van der Waals surface area contributed by atoms with Crippen molar-refractivity contribution in [2.45, 2.75) is 24.4 Å². The molecule has 2 heterocycles. The maximum absolute atomic E-state index is 13.5. The Bertz CT molecular complexity index is 1130. The SMILES string of the molecule is Cc1ccc(S(C)(=O)=O)cc1C(=O)N1CCn2cccc2C1c1ccccc1. The molecule has 1 atom stereocenters.